The molecule has 4 rings (SSSR count). The third kappa shape index (κ3) is 5.06. The summed E-state index contributed by atoms with van der Waals surface area (Å²) in [4.78, 5) is 22.4. The standard InChI is InChI=1S/C25H27N3OS.ClH/c1-17-14-22-23(15-18(17)2)30-25(26-22)28(13-7-12-27(3)4)24(29)21-11-10-19-8-5-6-9-20(19)16-21;/h5-6,8-11,14-16H,7,12-13H2,1-4H3;1H. The maximum Gasteiger partial charge on any atom is 0.260 e. The largest absolute Gasteiger partial charge is 0.309 e. The Hall–Kier alpha value is -2.47. The molecule has 0 saturated heterocycles. The van der Waals surface area contributed by atoms with Crippen LogP contribution in [0.4, 0.5) is 5.13 Å². The van der Waals surface area contributed by atoms with Crippen LogP contribution in [-0.4, -0.2) is 43.0 Å². The molecule has 0 atom stereocenters. The third-order valence-electron chi connectivity index (χ3n) is 5.45. The van der Waals surface area contributed by atoms with E-state index in [9.17, 15) is 4.79 Å². The van der Waals surface area contributed by atoms with Crippen LogP contribution in [0.1, 0.15) is 27.9 Å². The first kappa shape index (κ1) is 23.2. The van der Waals surface area contributed by atoms with E-state index in [1.165, 1.54) is 11.1 Å². The first-order valence-electron chi connectivity index (χ1n) is 10.3. The van der Waals surface area contributed by atoms with E-state index in [2.05, 4.69) is 51.0 Å². The second kappa shape index (κ2) is 9.77. The minimum absolute atomic E-state index is 0. The maximum absolute atomic E-state index is 13.6. The molecule has 0 radical (unpaired) electrons. The van der Waals surface area contributed by atoms with E-state index in [0.717, 1.165) is 39.1 Å². The molecule has 4 nitrogen and oxygen atoms in total. The van der Waals surface area contributed by atoms with Gasteiger partial charge in [0, 0.05) is 12.1 Å². The molecule has 4 aromatic rings. The van der Waals surface area contributed by atoms with Gasteiger partial charge in [-0.1, -0.05) is 41.7 Å². The highest BCUT2D eigenvalue weighted by molar-refractivity contribution is 7.22. The lowest BCUT2D eigenvalue weighted by Gasteiger charge is -2.21. The van der Waals surface area contributed by atoms with E-state index in [0.29, 0.717) is 12.1 Å². The van der Waals surface area contributed by atoms with Crippen molar-refractivity contribution in [1.82, 2.24) is 9.88 Å². The van der Waals surface area contributed by atoms with Crippen LogP contribution in [0, 0.1) is 13.8 Å². The van der Waals surface area contributed by atoms with Gasteiger partial charge in [0.05, 0.1) is 10.2 Å². The summed E-state index contributed by atoms with van der Waals surface area (Å²) in [7, 11) is 4.11. The number of rotatable bonds is 6. The highest BCUT2D eigenvalue weighted by atomic mass is 35.5. The van der Waals surface area contributed by atoms with E-state index in [1.807, 2.05) is 41.3 Å². The van der Waals surface area contributed by atoms with Crippen molar-refractivity contribution in [1.29, 1.82) is 0 Å². The molecule has 0 bridgehead atoms. The molecule has 162 valence electrons. The van der Waals surface area contributed by atoms with Crippen LogP contribution in [0.2, 0.25) is 0 Å². The Bertz CT molecular complexity index is 1180. The fourth-order valence-electron chi connectivity index (χ4n) is 3.59. The van der Waals surface area contributed by atoms with Gasteiger partial charge in [-0.05, 0) is 87.1 Å². The van der Waals surface area contributed by atoms with Gasteiger partial charge < -0.3 is 4.90 Å². The molecule has 0 aliphatic rings. The molecule has 31 heavy (non-hydrogen) atoms. The Morgan fingerprint density at radius 2 is 1.65 bits per heavy atom. The quantitative estimate of drug-likeness (QED) is 0.354. The Morgan fingerprint density at radius 3 is 2.39 bits per heavy atom. The monoisotopic (exact) mass is 453 g/mol. The van der Waals surface area contributed by atoms with Gasteiger partial charge in [0.25, 0.3) is 5.91 Å². The minimum Gasteiger partial charge on any atom is -0.309 e. The van der Waals surface area contributed by atoms with Gasteiger partial charge in [0.15, 0.2) is 5.13 Å². The van der Waals surface area contributed by atoms with Gasteiger partial charge in [0.2, 0.25) is 0 Å². The number of carbonyl (C=O) groups excluding carboxylic acids is 1. The highest BCUT2D eigenvalue weighted by Gasteiger charge is 2.21. The number of aromatic nitrogens is 1. The summed E-state index contributed by atoms with van der Waals surface area (Å²) in [5, 5.41) is 2.98. The lowest BCUT2D eigenvalue weighted by molar-refractivity contribution is 0.0986. The van der Waals surface area contributed by atoms with Gasteiger partial charge >= 0.3 is 0 Å². The zero-order valence-corrected chi connectivity index (χ0v) is 20.0. The number of anilines is 1. The van der Waals surface area contributed by atoms with Crippen LogP contribution in [0.5, 0.6) is 0 Å². The number of carbonyl (C=O) groups is 1. The van der Waals surface area contributed by atoms with E-state index in [1.54, 1.807) is 11.3 Å². The minimum atomic E-state index is 0. The van der Waals surface area contributed by atoms with Gasteiger partial charge in [-0.3, -0.25) is 9.69 Å². The molecule has 1 heterocycles. The molecule has 6 heteroatoms. The number of nitrogens with zero attached hydrogens (tertiary/aromatic N) is 3. The van der Waals surface area contributed by atoms with Gasteiger partial charge in [-0.25, -0.2) is 4.98 Å². The average molecular weight is 454 g/mol. The molecular formula is C25H28ClN3OS. The maximum atomic E-state index is 13.6. The molecule has 0 saturated carbocycles. The van der Waals surface area contributed by atoms with Crippen LogP contribution >= 0.6 is 23.7 Å². The number of fused-ring (bicyclic) bond motifs is 2. The summed E-state index contributed by atoms with van der Waals surface area (Å²) in [5.74, 6) is 0.00649. The molecule has 1 amide bonds. The van der Waals surface area contributed by atoms with E-state index in [4.69, 9.17) is 4.98 Å². The Balaban J connectivity index is 0.00000272. The Morgan fingerprint density at radius 1 is 0.935 bits per heavy atom. The Labute approximate surface area is 193 Å². The van der Waals surface area contributed by atoms with Gasteiger partial charge in [-0.15, -0.1) is 12.4 Å². The van der Waals surface area contributed by atoms with Gasteiger partial charge in [0.1, 0.15) is 0 Å². The smallest absolute Gasteiger partial charge is 0.260 e. The molecule has 0 aliphatic carbocycles. The molecule has 1 aromatic heterocycles. The van der Waals surface area contributed by atoms with Crippen LogP contribution in [0.3, 0.4) is 0 Å². The van der Waals surface area contributed by atoms with Crippen molar-refractivity contribution in [2.75, 3.05) is 32.1 Å². The van der Waals surface area contributed by atoms with Crippen molar-refractivity contribution >= 4 is 55.8 Å². The lowest BCUT2D eigenvalue weighted by atomic mass is 10.1. The number of thiazole rings is 1. The zero-order chi connectivity index (χ0) is 21.3. The van der Waals surface area contributed by atoms with Crippen molar-refractivity contribution in [2.24, 2.45) is 0 Å². The van der Waals surface area contributed by atoms with E-state index in [-0.39, 0.29) is 18.3 Å². The number of hydrogen-bond acceptors (Lipinski definition) is 4. The molecule has 0 spiro atoms. The predicted octanol–water partition coefficient (Wildman–Crippen LogP) is 6.09. The average Bonchev–Trinajstić information content (AvgIpc) is 3.12. The van der Waals surface area contributed by atoms with Crippen LogP contribution < -0.4 is 4.90 Å². The molecule has 3 aromatic carbocycles. The van der Waals surface area contributed by atoms with Crippen LogP contribution in [0.25, 0.3) is 21.0 Å². The topological polar surface area (TPSA) is 36.4 Å². The van der Waals surface area contributed by atoms with Gasteiger partial charge in [-0.2, -0.15) is 0 Å². The van der Waals surface area contributed by atoms with Crippen molar-refractivity contribution < 1.29 is 4.79 Å². The highest BCUT2D eigenvalue weighted by Crippen LogP contribution is 2.32. The first-order chi connectivity index (χ1) is 14.4. The third-order valence-corrected chi connectivity index (χ3v) is 6.49. The summed E-state index contributed by atoms with van der Waals surface area (Å²) in [6, 6.07) is 18.3. The number of benzene rings is 3. The molecule has 0 fully saturated rings. The summed E-state index contributed by atoms with van der Waals surface area (Å²) in [6.07, 6.45) is 0.889. The van der Waals surface area contributed by atoms with E-state index >= 15 is 0 Å². The fraction of sp³-hybridized carbons (Fsp3) is 0.280. The molecule has 0 aliphatic heterocycles. The van der Waals surface area contributed by atoms with E-state index < -0.39 is 0 Å². The summed E-state index contributed by atoms with van der Waals surface area (Å²) < 4.78 is 1.12. The van der Waals surface area contributed by atoms with Crippen LogP contribution in [-0.2, 0) is 0 Å². The number of hydrogen-bond donors (Lipinski definition) is 0. The molecule has 0 N–H and O–H groups in total. The fourth-order valence-corrected chi connectivity index (χ4v) is 4.66. The SMILES string of the molecule is Cc1cc2nc(N(CCCN(C)C)C(=O)c3ccc4ccccc4c3)sc2cc1C.Cl. The second-order valence-electron chi connectivity index (χ2n) is 8.08. The summed E-state index contributed by atoms with van der Waals surface area (Å²) >= 11 is 1.59. The number of aryl methyl sites for hydroxylation is 2. The second-order valence-corrected chi connectivity index (χ2v) is 9.09. The number of halogens is 1. The zero-order valence-electron chi connectivity index (χ0n) is 18.4. The van der Waals surface area contributed by atoms with Crippen molar-refractivity contribution in [3.8, 4) is 0 Å². The summed E-state index contributed by atoms with van der Waals surface area (Å²) in [5.41, 5.74) is 4.13. The van der Waals surface area contributed by atoms with Crippen molar-refractivity contribution in [3.05, 3.63) is 71.3 Å². The molecular weight excluding hydrogens is 426 g/mol. The number of amides is 1. The van der Waals surface area contributed by atoms with Crippen LogP contribution in [0.15, 0.2) is 54.6 Å². The lowest BCUT2D eigenvalue weighted by Crippen LogP contribution is -2.33. The first-order valence-corrected chi connectivity index (χ1v) is 11.1. The Kier molecular flexibility index (Phi) is 7.31. The normalized spacial score (nSPS) is 11.1. The van der Waals surface area contributed by atoms with Crippen molar-refractivity contribution in [3.63, 3.8) is 0 Å². The predicted molar refractivity (Wildman–Crippen MR) is 135 cm³/mol. The summed E-state index contributed by atoms with van der Waals surface area (Å²) in [6.45, 7) is 5.78. The van der Waals surface area contributed by atoms with Crippen molar-refractivity contribution in [2.45, 2.75) is 20.3 Å². The molecule has 0 unspecified atom stereocenters.